The summed E-state index contributed by atoms with van der Waals surface area (Å²) in [6, 6.07) is 20.9. The number of anilines is 2. The normalized spacial score (nSPS) is 10.6. The summed E-state index contributed by atoms with van der Waals surface area (Å²) in [6.45, 7) is 2.03. The summed E-state index contributed by atoms with van der Waals surface area (Å²) < 4.78 is 5.38. The average molecular weight is 417 g/mol. The third-order valence-corrected chi connectivity index (χ3v) is 5.54. The fraction of sp³-hybridized carbons (Fsp3) is 0.0870. The number of esters is 1. The molecule has 2 heterocycles. The summed E-state index contributed by atoms with van der Waals surface area (Å²) >= 11 is 1.38. The minimum Gasteiger partial charge on any atom is -0.462 e. The van der Waals surface area contributed by atoms with E-state index in [4.69, 9.17) is 4.74 Å². The maximum absolute atomic E-state index is 13.0. The van der Waals surface area contributed by atoms with Gasteiger partial charge in [-0.15, -0.1) is 11.3 Å². The second kappa shape index (κ2) is 8.75. The van der Waals surface area contributed by atoms with Gasteiger partial charge in [-0.25, -0.2) is 14.6 Å². The van der Waals surface area contributed by atoms with E-state index >= 15 is 0 Å². The van der Waals surface area contributed by atoms with E-state index in [2.05, 4.69) is 15.3 Å². The number of para-hydroxylation sites is 1. The lowest BCUT2D eigenvalue weighted by Gasteiger charge is -2.10. The quantitative estimate of drug-likeness (QED) is 0.427. The van der Waals surface area contributed by atoms with Crippen LogP contribution in [-0.4, -0.2) is 22.5 Å². The van der Waals surface area contributed by atoms with Crippen molar-refractivity contribution in [1.82, 2.24) is 9.97 Å². The first-order valence-electron chi connectivity index (χ1n) is 9.44. The predicted octanol–water partition coefficient (Wildman–Crippen LogP) is 5.09. The number of nitrogens with zero attached hydrogens (tertiary/aromatic N) is 1. The van der Waals surface area contributed by atoms with Crippen LogP contribution in [0.5, 0.6) is 0 Å². The molecule has 2 N–H and O–H groups in total. The summed E-state index contributed by atoms with van der Waals surface area (Å²) in [5, 5.41) is 3.98. The second-order valence-electron chi connectivity index (χ2n) is 6.38. The van der Waals surface area contributed by atoms with E-state index in [0.29, 0.717) is 21.8 Å². The van der Waals surface area contributed by atoms with Crippen LogP contribution < -0.4 is 11.0 Å². The zero-order chi connectivity index (χ0) is 20.9. The van der Waals surface area contributed by atoms with Crippen molar-refractivity contribution in [3.63, 3.8) is 0 Å². The molecule has 0 aliphatic carbocycles. The Labute approximate surface area is 177 Å². The largest absolute Gasteiger partial charge is 0.462 e. The number of carbonyl (C=O) groups is 1. The molecule has 6 nitrogen and oxygen atoms in total. The van der Waals surface area contributed by atoms with Crippen LogP contribution in [0.25, 0.3) is 21.7 Å². The van der Waals surface area contributed by atoms with Gasteiger partial charge in [0.1, 0.15) is 10.6 Å². The van der Waals surface area contributed by atoms with Gasteiger partial charge in [0.2, 0.25) is 0 Å². The molecule has 150 valence electrons. The molecule has 4 rings (SSSR count). The lowest BCUT2D eigenvalue weighted by atomic mass is 10.00. The Balaban J connectivity index is 1.98. The highest BCUT2D eigenvalue weighted by Crippen LogP contribution is 2.46. The van der Waals surface area contributed by atoms with E-state index in [9.17, 15) is 9.59 Å². The van der Waals surface area contributed by atoms with Crippen molar-refractivity contribution < 1.29 is 9.53 Å². The summed E-state index contributed by atoms with van der Waals surface area (Å²) in [7, 11) is 0. The first kappa shape index (κ1) is 19.6. The van der Waals surface area contributed by atoms with Gasteiger partial charge in [0.25, 0.3) is 0 Å². The maximum Gasteiger partial charge on any atom is 0.345 e. The Morgan fingerprint density at radius 1 is 1.07 bits per heavy atom. The van der Waals surface area contributed by atoms with Crippen LogP contribution in [0.2, 0.25) is 0 Å². The first-order chi connectivity index (χ1) is 14.7. The molecule has 0 saturated heterocycles. The van der Waals surface area contributed by atoms with Gasteiger partial charge in [-0.05, 0) is 30.7 Å². The fourth-order valence-corrected chi connectivity index (χ4v) is 4.35. The number of thiophene rings is 1. The maximum atomic E-state index is 13.0. The lowest BCUT2D eigenvalue weighted by Crippen LogP contribution is -2.10. The molecular formula is C23H19N3O3S. The first-order valence-corrected chi connectivity index (χ1v) is 10.3. The van der Waals surface area contributed by atoms with Gasteiger partial charge < -0.3 is 15.0 Å². The van der Waals surface area contributed by atoms with Crippen LogP contribution in [0.4, 0.5) is 10.7 Å². The Morgan fingerprint density at radius 2 is 1.77 bits per heavy atom. The van der Waals surface area contributed by atoms with E-state index in [1.54, 1.807) is 13.0 Å². The van der Waals surface area contributed by atoms with Crippen LogP contribution >= 0.6 is 11.3 Å². The third-order valence-electron chi connectivity index (χ3n) is 4.40. The Morgan fingerprint density at radius 3 is 2.43 bits per heavy atom. The van der Waals surface area contributed by atoms with Gasteiger partial charge in [0.15, 0.2) is 0 Å². The van der Waals surface area contributed by atoms with Gasteiger partial charge in [0, 0.05) is 17.4 Å². The van der Waals surface area contributed by atoms with E-state index in [1.807, 2.05) is 60.7 Å². The van der Waals surface area contributed by atoms with Crippen molar-refractivity contribution in [2.45, 2.75) is 6.92 Å². The summed E-state index contributed by atoms with van der Waals surface area (Å²) in [5.74, 6) is -0.423. The number of H-pyrrole nitrogens is 1. The number of carbonyl (C=O) groups excluding carboxylic acids is 1. The van der Waals surface area contributed by atoms with Gasteiger partial charge >= 0.3 is 11.7 Å². The Kier molecular flexibility index (Phi) is 5.72. The standard InChI is InChI=1S/C23H19N3O3S/c1-2-29-22(27)19-18(15-9-5-3-6-10-15)20(17-13-14-24-23(28)26-17)30-21(19)25-16-11-7-4-8-12-16/h3-14,25H,2H2,1H3,(H,24,26,28). The predicted molar refractivity (Wildman–Crippen MR) is 119 cm³/mol. The van der Waals surface area contributed by atoms with Gasteiger partial charge in [0.05, 0.1) is 17.2 Å². The van der Waals surface area contributed by atoms with Crippen molar-refractivity contribution >= 4 is 28.0 Å². The zero-order valence-electron chi connectivity index (χ0n) is 16.2. The van der Waals surface area contributed by atoms with Crippen LogP contribution in [0.15, 0.2) is 77.7 Å². The van der Waals surface area contributed by atoms with Crippen LogP contribution in [0.3, 0.4) is 0 Å². The fourth-order valence-electron chi connectivity index (χ4n) is 3.14. The van der Waals surface area contributed by atoms with Gasteiger partial charge in [-0.3, -0.25) is 0 Å². The molecule has 0 radical (unpaired) electrons. The molecule has 0 spiro atoms. The number of hydrogen-bond donors (Lipinski definition) is 2. The van der Waals surface area contributed by atoms with E-state index in [1.165, 1.54) is 17.5 Å². The zero-order valence-corrected chi connectivity index (χ0v) is 17.0. The van der Waals surface area contributed by atoms with Crippen LogP contribution in [-0.2, 0) is 4.74 Å². The SMILES string of the molecule is CCOC(=O)c1c(Nc2ccccc2)sc(-c2ccnc(=O)[nH]2)c1-c1ccccc1. The highest BCUT2D eigenvalue weighted by atomic mass is 32.1. The lowest BCUT2D eigenvalue weighted by molar-refractivity contribution is 0.0529. The minimum absolute atomic E-state index is 0.259. The molecule has 0 aliphatic heterocycles. The third kappa shape index (κ3) is 4.01. The topological polar surface area (TPSA) is 84.1 Å². The van der Waals surface area contributed by atoms with Crippen LogP contribution in [0, 0.1) is 0 Å². The monoisotopic (exact) mass is 417 g/mol. The Bertz CT molecular complexity index is 1220. The smallest absolute Gasteiger partial charge is 0.345 e. The summed E-state index contributed by atoms with van der Waals surface area (Å²) in [4.78, 5) is 32.1. The number of nitrogens with one attached hydrogen (secondary N) is 2. The highest BCUT2D eigenvalue weighted by molar-refractivity contribution is 7.20. The molecule has 0 bridgehead atoms. The van der Waals surface area contributed by atoms with E-state index < -0.39 is 11.7 Å². The number of ether oxygens (including phenoxy) is 1. The number of hydrogen-bond acceptors (Lipinski definition) is 6. The molecule has 0 aliphatic rings. The molecule has 2 aromatic heterocycles. The highest BCUT2D eigenvalue weighted by Gasteiger charge is 2.27. The van der Waals surface area contributed by atoms with Crippen molar-refractivity contribution in [3.8, 4) is 21.7 Å². The van der Waals surface area contributed by atoms with Crippen molar-refractivity contribution in [2.24, 2.45) is 0 Å². The molecule has 0 saturated carbocycles. The molecular weight excluding hydrogens is 398 g/mol. The van der Waals surface area contributed by atoms with Crippen molar-refractivity contribution in [3.05, 3.63) is 89.0 Å². The molecule has 0 unspecified atom stereocenters. The second-order valence-corrected chi connectivity index (χ2v) is 7.40. The number of aromatic nitrogens is 2. The molecule has 7 heteroatoms. The van der Waals surface area contributed by atoms with Gasteiger partial charge in [-0.2, -0.15) is 0 Å². The number of rotatable bonds is 6. The molecule has 0 atom stereocenters. The van der Waals surface area contributed by atoms with Crippen molar-refractivity contribution in [1.29, 1.82) is 0 Å². The minimum atomic E-state index is -0.449. The van der Waals surface area contributed by atoms with Crippen LogP contribution in [0.1, 0.15) is 17.3 Å². The van der Waals surface area contributed by atoms with Crippen molar-refractivity contribution in [2.75, 3.05) is 11.9 Å². The average Bonchev–Trinajstić information content (AvgIpc) is 3.14. The molecule has 0 amide bonds. The van der Waals surface area contributed by atoms with E-state index in [0.717, 1.165) is 16.1 Å². The molecule has 4 aromatic rings. The van der Waals surface area contributed by atoms with E-state index in [-0.39, 0.29) is 6.61 Å². The number of benzene rings is 2. The number of aromatic amines is 1. The molecule has 2 aromatic carbocycles. The summed E-state index contributed by atoms with van der Waals surface area (Å²) in [6.07, 6.45) is 1.46. The Hall–Kier alpha value is -3.71. The summed E-state index contributed by atoms with van der Waals surface area (Å²) in [5.41, 5.74) is 2.98. The molecule has 30 heavy (non-hydrogen) atoms. The molecule has 0 fully saturated rings. The van der Waals surface area contributed by atoms with Gasteiger partial charge in [-0.1, -0.05) is 48.5 Å².